The van der Waals surface area contributed by atoms with Crippen molar-refractivity contribution in [2.24, 2.45) is 0 Å². The average molecular weight is 1110 g/mol. The van der Waals surface area contributed by atoms with E-state index >= 15 is 0 Å². The summed E-state index contributed by atoms with van der Waals surface area (Å²) in [5, 5.41) is 0. The van der Waals surface area contributed by atoms with E-state index in [1.807, 2.05) is 0 Å². The summed E-state index contributed by atoms with van der Waals surface area (Å²) >= 11 is 0. The normalized spacial score (nSPS) is 12.3. The van der Waals surface area contributed by atoms with Crippen LogP contribution in [0.3, 0.4) is 0 Å². The Morgan fingerprint density at radius 2 is 0.456 bits per heavy atom. The molecule has 0 aromatic carbocycles. The van der Waals surface area contributed by atoms with Crippen molar-refractivity contribution in [3.05, 3.63) is 48.6 Å². The van der Waals surface area contributed by atoms with Crippen LogP contribution in [0, 0.1) is 0 Å². The molecule has 0 aliphatic carbocycles. The fourth-order valence-corrected chi connectivity index (χ4v) is 10.5. The first kappa shape index (κ1) is 76.4. The first-order chi connectivity index (χ1) is 39.0. The van der Waals surface area contributed by atoms with E-state index in [0.717, 1.165) is 89.9 Å². The van der Waals surface area contributed by atoms with Gasteiger partial charge < -0.3 is 14.2 Å². The van der Waals surface area contributed by atoms with Crippen molar-refractivity contribution in [1.29, 1.82) is 0 Å². The Bertz CT molecular complexity index is 1360. The highest BCUT2D eigenvalue weighted by atomic mass is 16.6. The van der Waals surface area contributed by atoms with E-state index < -0.39 is 6.10 Å². The minimum atomic E-state index is -0.783. The molecule has 6 nitrogen and oxygen atoms in total. The summed E-state index contributed by atoms with van der Waals surface area (Å²) in [4.78, 5) is 38.4. The number of ether oxygens (including phenoxy) is 3. The molecule has 0 aromatic heterocycles. The summed E-state index contributed by atoms with van der Waals surface area (Å²) in [6, 6.07) is 0. The summed E-state index contributed by atoms with van der Waals surface area (Å²) in [6.45, 7) is 6.63. The average Bonchev–Trinajstić information content (AvgIpc) is 3.45. The van der Waals surface area contributed by atoms with Gasteiger partial charge in [0.25, 0.3) is 0 Å². The van der Waals surface area contributed by atoms with Crippen LogP contribution in [0.5, 0.6) is 0 Å². The van der Waals surface area contributed by atoms with Gasteiger partial charge in [-0.2, -0.15) is 0 Å². The number of rotatable bonds is 65. The molecule has 462 valence electrons. The molecule has 0 fully saturated rings. The van der Waals surface area contributed by atoms with Crippen molar-refractivity contribution in [3.63, 3.8) is 0 Å². The fraction of sp³-hybridized carbons (Fsp3) is 0.849. The van der Waals surface area contributed by atoms with Gasteiger partial charge in [0.1, 0.15) is 13.2 Å². The number of esters is 3. The van der Waals surface area contributed by atoms with Gasteiger partial charge in [-0.3, -0.25) is 14.4 Å². The van der Waals surface area contributed by atoms with Gasteiger partial charge in [0.15, 0.2) is 6.10 Å². The van der Waals surface area contributed by atoms with E-state index in [-0.39, 0.29) is 31.1 Å². The van der Waals surface area contributed by atoms with Crippen LogP contribution in [-0.2, 0) is 28.6 Å². The molecule has 0 rings (SSSR count). The summed E-state index contributed by atoms with van der Waals surface area (Å²) in [6.07, 6.45) is 85.7. The maximum absolute atomic E-state index is 12.9. The molecule has 0 aromatic rings. The van der Waals surface area contributed by atoms with E-state index in [0.29, 0.717) is 19.3 Å². The van der Waals surface area contributed by atoms with E-state index in [2.05, 4.69) is 69.4 Å². The lowest BCUT2D eigenvalue weighted by Gasteiger charge is -2.18. The monoisotopic (exact) mass is 1110 g/mol. The van der Waals surface area contributed by atoms with Crippen LogP contribution in [-0.4, -0.2) is 37.2 Å². The highest BCUT2D eigenvalue weighted by Gasteiger charge is 2.19. The van der Waals surface area contributed by atoms with E-state index in [9.17, 15) is 14.4 Å². The molecule has 0 spiro atoms. The maximum Gasteiger partial charge on any atom is 0.306 e. The van der Waals surface area contributed by atoms with Crippen molar-refractivity contribution in [2.75, 3.05) is 13.2 Å². The van der Waals surface area contributed by atoms with Gasteiger partial charge in [-0.1, -0.05) is 326 Å². The van der Waals surface area contributed by atoms with E-state index in [1.54, 1.807) is 0 Å². The first-order valence-corrected chi connectivity index (χ1v) is 35.1. The Hall–Kier alpha value is -2.63. The molecule has 0 bridgehead atoms. The SMILES string of the molecule is CCCCC/C=C\C/C=C\CCCCCCCCCC(=O)OC(COC(=O)CCCCCCC/C=C\C/C=C\CCCCC)COC(=O)CCCCCCCCCCCCCCCCCCCCCCCCCCCCCCC. The quantitative estimate of drug-likeness (QED) is 0.0261. The van der Waals surface area contributed by atoms with Gasteiger partial charge in [0, 0.05) is 19.3 Å². The van der Waals surface area contributed by atoms with Crippen molar-refractivity contribution >= 4 is 17.9 Å². The second-order valence-electron chi connectivity index (χ2n) is 23.8. The van der Waals surface area contributed by atoms with Crippen LogP contribution >= 0.6 is 0 Å². The molecule has 0 aliphatic rings. The molecule has 0 heterocycles. The lowest BCUT2D eigenvalue weighted by molar-refractivity contribution is -0.167. The molecule has 1 atom stereocenters. The molecule has 0 radical (unpaired) electrons. The minimum absolute atomic E-state index is 0.0773. The Balaban J connectivity index is 4.21. The maximum atomic E-state index is 12.9. The summed E-state index contributed by atoms with van der Waals surface area (Å²) in [7, 11) is 0. The van der Waals surface area contributed by atoms with Crippen molar-refractivity contribution in [3.8, 4) is 0 Å². The third kappa shape index (κ3) is 66.1. The largest absolute Gasteiger partial charge is 0.462 e. The molecular formula is C73H134O6. The predicted molar refractivity (Wildman–Crippen MR) is 344 cm³/mol. The molecule has 6 heteroatoms. The van der Waals surface area contributed by atoms with Crippen LogP contribution in [0.25, 0.3) is 0 Å². The zero-order valence-electron chi connectivity index (χ0n) is 53.2. The van der Waals surface area contributed by atoms with Crippen LogP contribution in [0.1, 0.15) is 380 Å². The van der Waals surface area contributed by atoms with Gasteiger partial charge in [0.05, 0.1) is 0 Å². The minimum Gasteiger partial charge on any atom is -0.462 e. The number of unbranched alkanes of at least 4 members (excludes halogenated alkanes) is 46. The topological polar surface area (TPSA) is 78.9 Å². The number of allylic oxidation sites excluding steroid dienone is 8. The summed E-state index contributed by atoms with van der Waals surface area (Å²) in [5.41, 5.74) is 0. The fourth-order valence-electron chi connectivity index (χ4n) is 10.5. The van der Waals surface area contributed by atoms with Crippen LogP contribution in [0.4, 0.5) is 0 Å². The van der Waals surface area contributed by atoms with Crippen molar-refractivity contribution in [2.45, 2.75) is 386 Å². The number of carbonyl (C=O) groups is 3. The Labute approximate surface area is 492 Å². The Morgan fingerprint density at radius 1 is 0.253 bits per heavy atom. The van der Waals surface area contributed by atoms with Crippen LogP contribution < -0.4 is 0 Å². The second kappa shape index (κ2) is 67.9. The third-order valence-corrected chi connectivity index (χ3v) is 15.8. The lowest BCUT2D eigenvalue weighted by atomic mass is 10.0. The highest BCUT2D eigenvalue weighted by molar-refractivity contribution is 5.71. The molecular weight excluding hydrogens is 973 g/mol. The zero-order valence-corrected chi connectivity index (χ0v) is 53.2. The van der Waals surface area contributed by atoms with Gasteiger partial charge >= 0.3 is 17.9 Å². The van der Waals surface area contributed by atoms with Crippen molar-refractivity contribution < 1.29 is 28.6 Å². The van der Waals surface area contributed by atoms with Crippen LogP contribution in [0.15, 0.2) is 48.6 Å². The van der Waals surface area contributed by atoms with E-state index in [4.69, 9.17) is 14.2 Å². The number of hydrogen-bond donors (Lipinski definition) is 0. The molecule has 0 aliphatic heterocycles. The van der Waals surface area contributed by atoms with E-state index in [1.165, 1.54) is 250 Å². The molecule has 0 amide bonds. The van der Waals surface area contributed by atoms with Crippen LogP contribution in [0.2, 0.25) is 0 Å². The van der Waals surface area contributed by atoms with Gasteiger partial charge in [-0.15, -0.1) is 0 Å². The summed E-state index contributed by atoms with van der Waals surface area (Å²) < 4.78 is 17.0. The molecule has 0 N–H and O–H groups in total. The molecule has 0 saturated carbocycles. The smallest absolute Gasteiger partial charge is 0.306 e. The predicted octanol–water partition coefficient (Wildman–Crippen LogP) is 24.1. The van der Waals surface area contributed by atoms with Gasteiger partial charge in [-0.05, 0) is 83.5 Å². The van der Waals surface area contributed by atoms with Gasteiger partial charge in [0.2, 0.25) is 0 Å². The summed E-state index contributed by atoms with van der Waals surface area (Å²) in [5.74, 6) is -0.876. The highest BCUT2D eigenvalue weighted by Crippen LogP contribution is 2.18. The number of hydrogen-bond acceptors (Lipinski definition) is 6. The third-order valence-electron chi connectivity index (χ3n) is 15.8. The zero-order chi connectivity index (χ0) is 57.1. The molecule has 0 saturated heterocycles. The van der Waals surface area contributed by atoms with Gasteiger partial charge in [-0.25, -0.2) is 0 Å². The standard InChI is InChI=1S/C73H134O6/c1-4-7-10-13-16-19-22-25-28-30-31-32-33-34-35-36-37-38-39-40-41-43-45-48-51-54-57-60-63-66-72(75)78-69-70(68-77-71(74)65-62-59-56-53-50-47-44-27-24-21-18-15-12-9-6-3)79-73(76)67-64-61-58-55-52-49-46-42-29-26-23-20-17-14-11-8-5-2/h17-18,20-21,26-27,29,44,70H,4-16,19,22-25,28,30-43,45-69H2,1-3H3/b20-17-,21-18-,29-26-,44-27-. The second-order valence-corrected chi connectivity index (χ2v) is 23.8. The lowest BCUT2D eigenvalue weighted by Crippen LogP contribution is -2.30. The Morgan fingerprint density at radius 3 is 0.722 bits per heavy atom. The molecule has 79 heavy (non-hydrogen) atoms. The molecule has 1 unspecified atom stereocenters. The first-order valence-electron chi connectivity index (χ1n) is 35.1. The number of carbonyl (C=O) groups excluding carboxylic acids is 3. The Kier molecular flexibility index (Phi) is 65.6. The van der Waals surface area contributed by atoms with Crippen molar-refractivity contribution in [1.82, 2.24) is 0 Å².